The van der Waals surface area contributed by atoms with Crippen molar-refractivity contribution in [2.45, 2.75) is 19.4 Å². The fourth-order valence-corrected chi connectivity index (χ4v) is 2.17. The molecule has 0 bridgehead atoms. The summed E-state index contributed by atoms with van der Waals surface area (Å²) in [6, 6.07) is 6.19. The van der Waals surface area contributed by atoms with Crippen LogP contribution < -0.4 is 0 Å². The Morgan fingerprint density at radius 2 is 2.25 bits per heavy atom. The average molecular weight is 212 g/mol. The van der Waals surface area contributed by atoms with Gasteiger partial charge in [-0.15, -0.1) is 0 Å². The minimum atomic E-state index is 0.280. The molecule has 0 aliphatic heterocycles. The van der Waals surface area contributed by atoms with Crippen molar-refractivity contribution in [3.05, 3.63) is 53.6 Å². The van der Waals surface area contributed by atoms with Gasteiger partial charge in [-0.2, -0.15) is 0 Å². The van der Waals surface area contributed by atoms with Crippen LogP contribution >= 0.6 is 0 Å². The summed E-state index contributed by atoms with van der Waals surface area (Å²) in [5.74, 6) is 0.280. The predicted molar refractivity (Wildman–Crippen MR) is 60.4 cm³/mol. The van der Waals surface area contributed by atoms with E-state index in [2.05, 4.69) is 17.1 Å². The van der Waals surface area contributed by atoms with Gasteiger partial charge in [0.25, 0.3) is 0 Å². The SMILES string of the molecule is O=C1CCc2ccc(Cn3ccnc3)cc21. The van der Waals surface area contributed by atoms with Gasteiger partial charge in [-0.05, 0) is 23.6 Å². The standard InChI is InChI=1S/C13H12N2O/c16-13-4-3-11-2-1-10(7-12(11)13)8-15-6-5-14-9-15/h1-2,5-7,9H,3-4,8H2. The number of carbonyl (C=O) groups is 1. The first-order valence-electron chi connectivity index (χ1n) is 5.44. The van der Waals surface area contributed by atoms with E-state index in [-0.39, 0.29) is 5.78 Å². The topological polar surface area (TPSA) is 34.9 Å². The molecule has 0 N–H and O–H groups in total. The summed E-state index contributed by atoms with van der Waals surface area (Å²) in [6.07, 6.45) is 7.05. The molecule has 0 radical (unpaired) electrons. The van der Waals surface area contributed by atoms with Crippen molar-refractivity contribution in [2.24, 2.45) is 0 Å². The molecular weight excluding hydrogens is 200 g/mol. The van der Waals surface area contributed by atoms with E-state index in [1.54, 1.807) is 12.5 Å². The lowest BCUT2D eigenvalue weighted by atomic mass is 10.1. The van der Waals surface area contributed by atoms with Crippen molar-refractivity contribution < 1.29 is 4.79 Å². The van der Waals surface area contributed by atoms with Crippen molar-refractivity contribution in [3.8, 4) is 0 Å². The van der Waals surface area contributed by atoms with Crippen LogP contribution in [-0.2, 0) is 13.0 Å². The van der Waals surface area contributed by atoms with Crippen LogP contribution in [0.25, 0.3) is 0 Å². The van der Waals surface area contributed by atoms with Crippen molar-refractivity contribution in [1.29, 1.82) is 0 Å². The van der Waals surface area contributed by atoms with E-state index in [9.17, 15) is 4.79 Å². The number of ketones is 1. The highest BCUT2D eigenvalue weighted by Gasteiger charge is 2.19. The molecule has 1 aromatic heterocycles. The van der Waals surface area contributed by atoms with E-state index >= 15 is 0 Å². The summed E-state index contributed by atoms with van der Waals surface area (Å²) in [6.45, 7) is 0.778. The summed E-state index contributed by atoms with van der Waals surface area (Å²) in [5.41, 5.74) is 3.27. The lowest BCUT2D eigenvalue weighted by Gasteiger charge is -2.04. The lowest BCUT2D eigenvalue weighted by molar-refractivity contribution is 0.0994. The van der Waals surface area contributed by atoms with E-state index in [0.717, 1.165) is 24.1 Å². The van der Waals surface area contributed by atoms with Gasteiger partial charge in [-0.3, -0.25) is 4.79 Å². The van der Waals surface area contributed by atoms with Gasteiger partial charge >= 0.3 is 0 Å². The van der Waals surface area contributed by atoms with Gasteiger partial charge in [0.2, 0.25) is 0 Å². The molecule has 16 heavy (non-hydrogen) atoms. The molecule has 0 unspecified atom stereocenters. The van der Waals surface area contributed by atoms with Crippen LogP contribution in [0.5, 0.6) is 0 Å². The fourth-order valence-electron chi connectivity index (χ4n) is 2.17. The Hall–Kier alpha value is -1.90. The molecule has 80 valence electrons. The average Bonchev–Trinajstić information content (AvgIpc) is 2.90. The van der Waals surface area contributed by atoms with Crippen LogP contribution in [0.3, 0.4) is 0 Å². The Kier molecular flexibility index (Phi) is 2.10. The Morgan fingerprint density at radius 3 is 3.06 bits per heavy atom. The Bertz CT molecular complexity index is 529. The van der Waals surface area contributed by atoms with Gasteiger partial charge in [0.05, 0.1) is 6.33 Å². The molecule has 1 heterocycles. The van der Waals surface area contributed by atoms with Crippen molar-refractivity contribution in [1.82, 2.24) is 9.55 Å². The fraction of sp³-hybridized carbons (Fsp3) is 0.231. The molecular formula is C13H12N2O. The molecule has 0 saturated heterocycles. The van der Waals surface area contributed by atoms with Crippen molar-refractivity contribution in [2.75, 3.05) is 0 Å². The largest absolute Gasteiger partial charge is 0.333 e. The van der Waals surface area contributed by atoms with Crippen LogP contribution in [0.2, 0.25) is 0 Å². The molecule has 0 saturated carbocycles. The second-order valence-corrected chi connectivity index (χ2v) is 4.15. The molecule has 3 nitrogen and oxygen atoms in total. The third-order valence-corrected chi connectivity index (χ3v) is 3.02. The number of carbonyl (C=O) groups excluding carboxylic acids is 1. The number of imidazole rings is 1. The van der Waals surface area contributed by atoms with E-state index < -0.39 is 0 Å². The van der Waals surface area contributed by atoms with Crippen molar-refractivity contribution in [3.63, 3.8) is 0 Å². The number of benzene rings is 1. The van der Waals surface area contributed by atoms with Gasteiger partial charge in [-0.1, -0.05) is 12.1 Å². The zero-order chi connectivity index (χ0) is 11.0. The highest BCUT2D eigenvalue weighted by Crippen LogP contribution is 2.23. The smallest absolute Gasteiger partial charge is 0.163 e. The third-order valence-electron chi connectivity index (χ3n) is 3.02. The number of fused-ring (bicyclic) bond motifs is 1. The zero-order valence-electron chi connectivity index (χ0n) is 8.89. The second kappa shape index (κ2) is 3.59. The molecule has 3 heteroatoms. The molecule has 3 rings (SSSR count). The van der Waals surface area contributed by atoms with Crippen LogP contribution in [0, 0.1) is 0 Å². The Labute approximate surface area is 93.7 Å². The number of nitrogens with zero attached hydrogens (tertiary/aromatic N) is 2. The normalized spacial score (nSPS) is 14.1. The van der Waals surface area contributed by atoms with Gasteiger partial charge in [0.1, 0.15) is 0 Å². The Balaban J connectivity index is 1.92. The molecule has 1 aromatic carbocycles. The molecule has 0 amide bonds. The van der Waals surface area contributed by atoms with Crippen LogP contribution in [-0.4, -0.2) is 15.3 Å². The molecule has 0 atom stereocenters. The highest BCUT2D eigenvalue weighted by molar-refractivity contribution is 6.00. The number of aromatic nitrogens is 2. The monoisotopic (exact) mass is 212 g/mol. The van der Waals surface area contributed by atoms with E-state index in [1.165, 1.54) is 5.56 Å². The zero-order valence-corrected chi connectivity index (χ0v) is 8.89. The molecule has 1 aliphatic rings. The maximum Gasteiger partial charge on any atom is 0.163 e. The summed E-state index contributed by atoms with van der Waals surface area (Å²) >= 11 is 0. The number of hydrogen-bond acceptors (Lipinski definition) is 2. The molecule has 0 spiro atoms. The van der Waals surface area contributed by atoms with Crippen LogP contribution in [0.15, 0.2) is 36.9 Å². The third kappa shape index (κ3) is 1.54. The predicted octanol–water partition coefficient (Wildman–Crippen LogP) is 2.06. The quantitative estimate of drug-likeness (QED) is 0.763. The number of hydrogen-bond donors (Lipinski definition) is 0. The summed E-state index contributed by atoms with van der Waals surface area (Å²) in [5, 5.41) is 0. The van der Waals surface area contributed by atoms with Gasteiger partial charge in [0.15, 0.2) is 5.78 Å². The summed E-state index contributed by atoms with van der Waals surface area (Å²) in [4.78, 5) is 15.6. The number of rotatable bonds is 2. The van der Waals surface area contributed by atoms with E-state index in [4.69, 9.17) is 0 Å². The number of aryl methyl sites for hydroxylation is 1. The first-order valence-corrected chi connectivity index (χ1v) is 5.44. The van der Waals surface area contributed by atoms with E-state index in [0.29, 0.717) is 6.42 Å². The van der Waals surface area contributed by atoms with E-state index in [1.807, 2.05) is 16.8 Å². The molecule has 1 aliphatic carbocycles. The van der Waals surface area contributed by atoms with Crippen LogP contribution in [0.1, 0.15) is 27.9 Å². The lowest BCUT2D eigenvalue weighted by Crippen LogP contribution is -1.99. The Morgan fingerprint density at radius 1 is 1.31 bits per heavy atom. The number of Topliss-reactive ketones (excluding diaryl/α,β-unsaturated/α-hetero) is 1. The first kappa shape index (κ1) is 9.33. The minimum absolute atomic E-state index is 0.280. The van der Waals surface area contributed by atoms with Crippen LogP contribution in [0.4, 0.5) is 0 Å². The summed E-state index contributed by atoms with van der Waals surface area (Å²) < 4.78 is 2.00. The summed E-state index contributed by atoms with van der Waals surface area (Å²) in [7, 11) is 0. The molecule has 2 aromatic rings. The maximum absolute atomic E-state index is 11.6. The highest BCUT2D eigenvalue weighted by atomic mass is 16.1. The van der Waals surface area contributed by atoms with Gasteiger partial charge in [0, 0.05) is 30.9 Å². The minimum Gasteiger partial charge on any atom is -0.333 e. The van der Waals surface area contributed by atoms with Gasteiger partial charge < -0.3 is 4.57 Å². The maximum atomic E-state index is 11.6. The van der Waals surface area contributed by atoms with Gasteiger partial charge in [-0.25, -0.2) is 4.98 Å². The molecule has 0 fully saturated rings. The first-order chi connectivity index (χ1) is 7.83. The second-order valence-electron chi connectivity index (χ2n) is 4.15. The van der Waals surface area contributed by atoms with Crippen molar-refractivity contribution >= 4 is 5.78 Å².